The quantitative estimate of drug-likeness (QED) is 0.360. The van der Waals surface area contributed by atoms with E-state index >= 15 is 0 Å². The standard InChI is InChI=1S/C5H6ClNO2S2/c6-4-1-11(8,9)2-5(4)7-3-10/h4-5H,1-2H2/t4-,5+/m1/s1. The van der Waals surface area contributed by atoms with Gasteiger partial charge in [-0.25, -0.2) is 13.4 Å². The maximum Gasteiger partial charge on any atom is 0.154 e. The van der Waals surface area contributed by atoms with Crippen LogP contribution in [-0.4, -0.2) is 36.5 Å². The van der Waals surface area contributed by atoms with Crippen LogP contribution in [0.25, 0.3) is 0 Å². The topological polar surface area (TPSA) is 46.5 Å². The molecular formula is C5H6ClNO2S2. The van der Waals surface area contributed by atoms with Crippen LogP contribution in [0.2, 0.25) is 0 Å². The van der Waals surface area contributed by atoms with Gasteiger partial charge in [-0.15, -0.1) is 11.6 Å². The van der Waals surface area contributed by atoms with E-state index < -0.39 is 15.2 Å². The summed E-state index contributed by atoms with van der Waals surface area (Å²) in [6.07, 6.45) is 0. The lowest BCUT2D eigenvalue weighted by Gasteiger charge is -2.00. The summed E-state index contributed by atoms with van der Waals surface area (Å²) in [5.74, 6) is 0.00451. The normalized spacial score (nSPS) is 34.6. The minimum atomic E-state index is -2.98. The highest BCUT2D eigenvalue weighted by atomic mass is 35.5. The average molecular weight is 212 g/mol. The largest absolute Gasteiger partial charge is 0.229 e. The zero-order valence-electron chi connectivity index (χ0n) is 5.53. The van der Waals surface area contributed by atoms with E-state index in [0.717, 1.165) is 0 Å². The molecule has 0 spiro atoms. The Morgan fingerprint density at radius 1 is 1.55 bits per heavy atom. The summed E-state index contributed by atoms with van der Waals surface area (Å²) < 4.78 is 21.8. The lowest BCUT2D eigenvalue weighted by molar-refractivity contribution is 0.601. The number of isothiocyanates is 1. The number of hydrogen-bond acceptors (Lipinski definition) is 4. The molecule has 0 aromatic heterocycles. The van der Waals surface area contributed by atoms with Crippen LogP contribution in [0.4, 0.5) is 0 Å². The number of alkyl halides is 1. The minimum Gasteiger partial charge on any atom is -0.229 e. The number of nitrogens with zero attached hydrogens (tertiary/aromatic N) is 1. The van der Waals surface area contributed by atoms with Gasteiger partial charge in [0.1, 0.15) is 0 Å². The molecule has 0 N–H and O–H groups in total. The molecular weight excluding hydrogens is 206 g/mol. The van der Waals surface area contributed by atoms with E-state index in [4.69, 9.17) is 11.6 Å². The molecule has 1 heterocycles. The lowest BCUT2D eigenvalue weighted by Crippen LogP contribution is -2.15. The summed E-state index contributed by atoms with van der Waals surface area (Å²) >= 11 is 10.0. The van der Waals surface area contributed by atoms with Gasteiger partial charge in [0.25, 0.3) is 0 Å². The predicted octanol–water partition coefficient (Wildman–Crippen LogP) is 0.494. The molecule has 0 aliphatic carbocycles. The summed E-state index contributed by atoms with van der Waals surface area (Å²) in [7, 11) is -2.98. The number of hydrogen-bond donors (Lipinski definition) is 0. The highest BCUT2D eigenvalue weighted by Gasteiger charge is 2.36. The van der Waals surface area contributed by atoms with Gasteiger partial charge in [0.15, 0.2) is 9.84 Å². The van der Waals surface area contributed by atoms with Gasteiger partial charge in [0.2, 0.25) is 0 Å². The highest BCUT2D eigenvalue weighted by molar-refractivity contribution is 7.91. The fourth-order valence-electron chi connectivity index (χ4n) is 0.972. The van der Waals surface area contributed by atoms with Crippen molar-refractivity contribution >= 4 is 38.8 Å². The fourth-order valence-corrected chi connectivity index (χ4v) is 3.61. The molecule has 1 saturated heterocycles. The van der Waals surface area contributed by atoms with Gasteiger partial charge in [0.05, 0.1) is 28.1 Å². The first-order chi connectivity index (χ1) is 5.05. The van der Waals surface area contributed by atoms with Gasteiger partial charge in [0, 0.05) is 0 Å². The predicted molar refractivity (Wildman–Crippen MR) is 47.1 cm³/mol. The average Bonchev–Trinajstić information content (AvgIpc) is 2.07. The Hall–Kier alpha value is 0.0400. The van der Waals surface area contributed by atoms with Crippen LogP contribution in [0.3, 0.4) is 0 Å². The van der Waals surface area contributed by atoms with Crippen LogP contribution < -0.4 is 0 Å². The van der Waals surface area contributed by atoms with Crippen molar-refractivity contribution in [1.29, 1.82) is 0 Å². The third kappa shape index (κ3) is 2.24. The number of rotatable bonds is 1. The lowest BCUT2D eigenvalue weighted by atomic mass is 10.3. The van der Waals surface area contributed by atoms with Gasteiger partial charge >= 0.3 is 0 Å². The molecule has 0 radical (unpaired) electrons. The van der Waals surface area contributed by atoms with E-state index in [2.05, 4.69) is 22.4 Å². The Kier molecular flexibility index (Phi) is 2.65. The first-order valence-corrected chi connectivity index (χ1v) is 5.63. The van der Waals surface area contributed by atoms with Crippen molar-refractivity contribution in [3.8, 4) is 0 Å². The number of sulfone groups is 1. The molecule has 0 aromatic rings. The third-order valence-electron chi connectivity index (χ3n) is 1.47. The Balaban J connectivity index is 2.82. The monoisotopic (exact) mass is 211 g/mol. The second-order valence-electron chi connectivity index (χ2n) is 2.38. The Bertz CT molecular complexity index is 294. The van der Waals surface area contributed by atoms with Crippen molar-refractivity contribution < 1.29 is 8.42 Å². The molecule has 1 aliphatic heterocycles. The number of thiocarbonyl (C=S) groups is 1. The van der Waals surface area contributed by atoms with Gasteiger partial charge in [-0.05, 0) is 12.2 Å². The number of halogens is 1. The van der Waals surface area contributed by atoms with E-state index in [0.29, 0.717) is 0 Å². The van der Waals surface area contributed by atoms with Gasteiger partial charge < -0.3 is 0 Å². The maximum absolute atomic E-state index is 10.9. The van der Waals surface area contributed by atoms with Crippen LogP contribution in [0.15, 0.2) is 4.99 Å². The first-order valence-electron chi connectivity index (χ1n) is 2.96. The summed E-state index contributed by atoms with van der Waals surface area (Å²) in [4.78, 5) is 3.65. The van der Waals surface area contributed by atoms with Crippen molar-refractivity contribution in [3.05, 3.63) is 0 Å². The Labute approximate surface area is 75.4 Å². The zero-order chi connectivity index (χ0) is 8.48. The fraction of sp³-hybridized carbons (Fsp3) is 0.800. The highest BCUT2D eigenvalue weighted by Crippen LogP contribution is 2.20. The van der Waals surface area contributed by atoms with E-state index in [1.54, 1.807) is 0 Å². The molecule has 1 aliphatic rings. The van der Waals surface area contributed by atoms with Crippen molar-refractivity contribution in [1.82, 2.24) is 0 Å². The van der Waals surface area contributed by atoms with Gasteiger partial charge in [-0.1, -0.05) is 0 Å². The molecule has 62 valence electrons. The SMILES string of the molecule is O=S1(=O)C[C@@H](Cl)[C@@H](N=C=S)C1. The van der Waals surface area contributed by atoms with Crippen molar-refractivity contribution in [2.24, 2.45) is 4.99 Å². The third-order valence-corrected chi connectivity index (χ3v) is 3.92. The molecule has 0 bridgehead atoms. The van der Waals surface area contributed by atoms with Crippen LogP contribution in [0, 0.1) is 0 Å². The van der Waals surface area contributed by atoms with Crippen LogP contribution >= 0.6 is 23.8 Å². The summed E-state index contributed by atoms with van der Waals surface area (Å²) in [5.41, 5.74) is 0. The molecule has 0 aromatic carbocycles. The smallest absolute Gasteiger partial charge is 0.154 e. The molecule has 1 fully saturated rings. The van der Waals surface area contributed by atoms with Crippen LogP contribution in [-0.2, 0) is 9.84 Å². The Morgan fingerprint density at radius 2 is 2.18 bits per heavy atom. The molecule has 1 rings (SSSR count). The van der Waals surface area contributed by atoms with Crippen LogP contribution in [0.5, 0.6) is 0 Å². The summed E-state index contributed by atoms with van der Waals surface area (Å²) in [6, 6.07) is -0.390. The minimum absolute atomic E-state index is 0.000262. The first kappa shape index (κ1) is 9.13. The van der Waals surface area contributed by atoms with Crippen molar-refractivity contribution in [3.63, 3.8) is 0 Å². The van der Waals surface area contributed by atoms with Gasteiger partial charge in [-0.2, -0.15) is 0 Å². The molecule has 6 heteroatoms. The maximum atomic E-state index is 10.9. The zero-order valence-corrected chi connectivity index (χ0v) is 7.92. The second kappa shape index (κ2) is 3.19. The molecule has 0 amide bonds. The summed E-state index contributed by atoms with van der Waals surface area (Å²) in [5, 5.41) is 1.70. The van der Waals surface area contributed by atoms with Gasteiger partial charge in [-0.3, -0.25) is 0 Å². The Morgan fingerprint density at radius 3 is 2.55 bits per heavy atom. The molecule has 0 saturated carbocycles. The molecule has 11 heavy (non-hydrogen) atoms. The van der Waals surface area contributed by atoms with E-state index in [9.17, 15) is 8.42 Å². The molecule has 2 atom stereocenters. The summed E-state index contributed by atoms with van der Waals surface area (Å²) in [6.45, 7) is 0. The van der Waals surface area contributed by atoms with Crippen LogP contribution in [0.1, 0.15) is 0 Å². The number of aliphatic imine (C=N–C) groups is 1. The van der Waals surface area contributed by atoms with Crippen molar-refractivity contribution in [2.75, 3.05) is 11.5 Å². The molecule has 3 nitrogen and oxygen atoms in total. The van der Waals surface area contributed by atoms with E-state index in [-0.39, 0.29) is 17.5 Å². The second-order valence-corrected chi connectivity index (χ2v) is 5.28. The molecule has 0 unspecified atom stereocenters. The van der Waals surface area contributed by atoms with Crippen molar-refractivity contribution in [2.45, 2.75) is 11.4 Å². The van der Waals surface area contributed by atoms with E-state index in [1.807, 2.05) is 0 Å². The van der Waals surface area contributed by atoms with E-state index in [1.165, 1.54) is 0 Å².